The molecule has 0 saturated heterocycles. The standard InChI is InChI=1S/C28H43NO/c1-3-5-7-13-19-29(20-14-8-6-4-2)22-28(30)27-21-23-15-9-10-16-24(23)25-17-11-12-18-26(25)27/h11-12,17-18,21,28,30H,3-10,13-16,19-20,22H2,1-2H3. The molecule has 2 aromatic carbocycles. The van der Waals surface area contributed by atoms with Gasteiger partial charge in [-0.05, 0) is 79.1 Å². The second-order valence-corrected chi connectivity index (χ2v) is 9.29. The Balaban J connectivity index is 1.75. The molecule has 0 saturated carbocycles. The van der Waals surface area contributed by atoms with Gasteiger partial charge in [0.15, 0.2) is 0 Å². The van der Waals surface area contributed by atoms with Crippen LogP contribution in [0.5, 0.6) is 0 Å². The lowest BCUT2D eigenvalue weighted by Crippen LogP contribution is -2.31. The molecule has 2 heteroatoms. The highest BCUT2D eigenvalue weighted by Crippen LogP contribution is 2.34. The average Bonchev–Trinajstić information content (AvgIpc) is 2.78. The van der Waals surface area contributed by atoms with E-state index in [0.29, 0.717) is 0 Å². The summed E-state index contributed by atoms with van der Waals surface area (Å²) >= 11 is 0. The molecule has 3 rings (SSSR count). The zero-order valence-electron chi connectivity index (χ0n) is 19.5. The molecule has 0 bridgehead atoms. The summed E-state index contributed by atoms with van der Waals surface area (Å²) < 4.78 is 0. The SMILES string of the molecule is CCCCCCN(CCCCCC)CC(O)c1cc2c(c3ccccc13)CCCC2. The molecular weight excluding hydrogens is 366 g/mol. The molecule has 0 heterocycles. The molecular formula is C28H43NO. The lowest BCUT2D eigenvalue weighted by atomic mass is 9.84. The normalized spacial score (nSPS) is 14.9. The molecule has 1 aliphatic rings. The van der Waals surface area contributed by atoms with Crippen LogP contribution in [-0.4, -0.2) is 29.6 Å². The topological polar surface area (TPSA) is 23.5 Å². The lowest BCUT2D eigenvalue weighted by molar-refractivity contribution is 0.111. The Kier molecular flexibility index (Phi) is 9.68. The van der Waals surface area contributed by atoms with Gasteiger partial charge in [0, 0.05) is 6.54 Å². The van der Waals surface area contributed by atoms with E-state index >= 15 is 0 Å². The van der Waals surface area contributed by atoms with E-state index in [1.54, 1.807) is 0 Å². The maximum Gasteiger partial charge on any atom is 0.0923 e. The maximum atomic E-state index is 11.4. The number of aliphatic hydroxyl groups is 1. The first-order chi connectivity index (χ1) is 14.7. The molecule has 2 aromatic rings. The van der Waals surface area contributed by atoms with Crippen molar-refractivity contribution in [3.05, 3.63) is 47.0 Å². The molecule has 0 amide bonds. The van der Waals surface area contributed by atoms with Crippen LogP contribution in [0.25, 0.3) is 10.8 Å². The predicted octanol–water partition coefficient (Wildman–Crippen LogP) is 7.21. The molecule has 0 aliphatic heterocycles. The van der Waals surface area contributed by atoms with Gasteiger partial charge in [-0.15, -0.1) is 0 Å². The van der Waals surface area contributed by atoms with Gasteiger partial charge in [0.05, 0.1) is 6.10 Å². The van der Waals surface area contributed by atoms with Gasteiger partial charge in [-0.25, -0.2) is 0 Å². The van der Waals surface area contributed by atoms with Crippen LogP contribution < -0.4 is 0 Å². The molecule has 0 spiro atoms. The molecule has 0 fully saturated rings. The van der Waals surface area contributed by atoms with Gasteiger partial charge in [-0.1, -0.05) is 82.7 Å². The number of aryl methyl sites for hydroxylation is 2. The second-order valence-electron chi connectivity index (χ2n) is 9.29. The summed E-state index contributed by atoms with van der Waals surface area (Å²) in [6.45, 7) is 7.54. The van der Waals surface area contributed by atoms with Gasteiger partial charge in [-0.2, -0.15) is 0 Å². The summed E-state index contributed by atoms with van der Waals surface area (Å²) in [5.74, 6) is 0. The van der Waals surface area contributed by atoms with Crippen molar-refractivity contribution in [2.24, 2.45) is 0 Å². The van der Waals surface area contributed by atoms with Crippen LogP contribution in [-0.2, 0) is 12.8 Å². The molecule has 1 aliphatic carbocycles. The maximum absolute atomic E-state index is 11.4. The van der Waals surface area contributed by atoms with E-state index in [9.17, 15) is 5.11 Å². The zero-order valence-corrected chi connectivity index (χ0v) is 19.5. The van der Waals surface area contributed by atoms with E-state index in [1.165, 1.54) is 92.5 Å². The Morgan fingerprint density at radius 1 is 0.833 bits per heavy atom. The summed E-state index contributed by atoms with van der Waals surface area (Å²) in [5, 5.41) is 14.0. The van der Waals surface area contributed by atoms with E-state index in [2.05, 4.69) is 49.1 Å². The third-order valence-electron chi connectivity index (χ3n) is 6.85. The molecule has 0 aromatic heterocycles. The van der Waals surface area contributed by atoms with E-state index < -0.39 is 6.10 Å². The van der Waals surface area contributed by atoms with Crippen LogP contribution in [0.15, 0.2) is 30.3 Å². The van der Waals surface area contributed by atoms with Crippen LogP contribution >= 0.6 is 0 Å². The van der Waals surface area contributed by atoms with E-state index in [0.717, 1.165) is 31.6 Å². The first kappa shape index (κ1) is 23.3. The van der Waals surface area contributed by atoms with Gasteiger partial charge >= 0.3 is 0 Å². The Hall–Kier alpha value is -1.38. The smallest absolute Gasteiger partial charge is 0.0923 e. The number of benzene rings is 2. The Morgan fingerprint density at radius 3 is 2.13 bits per heavy atom. The van der Waals surface area contributed by atoms with Crippen LogP contribution in [0.3, 0.4) is 0 Å². The number of hydrogen-bond acceptors (Lipinski definition) is 2. The van der Waals surface area contributed by atoms with Crippen molar-refractivity contribution in [1.82, 2.24) is 4.90 Å². The van der Waals surface area contributed by atoms with Crippen molar-refractivity contribution in [2.45, 2.75) is 97.0 Å². The van der Waals surface area contributed by atoms with Gasteiger partial charge in [0.1, 0.15) is 0 Å². The molecule has 1 N–H and O–H groups in total. The fourth-order valence-corrected chi connectivity index (χ4v) is 5.10. The lowest BCUT2D eigenvalue weighted by Gasteiger charge is -2.27. The third kappa shape index (κ3) is 6.31. The van der Waals surface area contributed by atoms with Crippen molar-refractivity contribution in [3.63, 3.8) is 0 Å². The minimum atomic E-state index is -0.403. The largest absolute Gasteiger partial charge is 0.387 e. The minimum absolute atomic E-state index is 0.403. The molecule has 166 valence electrons. The van der Waals surface area contributed by atoms with Crippen molar-refractivity contribution < 1.29 is 5.11 Å². The summed E-state index contributed by atoms with van der Waals surface area (Å²) in [4.78, 5) is 2.53. The zero-order chi connectivity index (χ0) is 21.2. The minimum Gasteiger partial charge on any atom is -0.387 e. The molecule has 2 nitrogen and oxygen atoms in total. The number of nitrogens with zero attached hydrogens (tertiary/aromatic N) is 1. The van der Waals surface area contributed by atoms with Gasteiger partial charge in [0.25, 0.3) is 0 Å². The average molecular weight is 410 g/mol. The predicted molar refractivity (Wildman–Crippen MR) is 130 cm³/mol. The first-order valence-electron chi connectivity index (χ1n) is 12.7. The van der Waals surface area contributed by atoms with Crippen molar-refractivity contribution in [1.29, 1.82) is 0 Å². The highest BCUT2D eigenvalue weighted by atomic mass is 16.3. The Bertz CT molecular complexity index is 757. The van der Waals surface area contributed by atoms with Crippen LogP contribution in [0, 0.1) is 0 Å². The number of aliphatic hydroxyl groups excluding tert-OH is 1. The summed E-state index contributed by atoms with van der Waals surface area (Å²) in [6.07, 6.45) is 14.8. The van der Waals surface area contributed by atoms with Gasteiger partial charge in [0.2, 0.25) is 0 Å². The highest BCUT2D eigenvalue weighted by molar-refractivity contribution is 5.90. The second kappa shape index (κ2) is 12.5. The fourth-order valence-electron chi connectivity index (χ4n) is 5.10. The Morgan fingerprint density at radius 2 is 1.47 bits per heavy atom. The third-order valence-corrected chi connectivity index (χ3v) is 6.85. The van der Waals surface area contributed by atoms with Crippen molar-refractivity contribution in [3.8, 4) is 0 Å². The number of fused-ring (bicyclic) bond motifs is 3. The van der Waals surface area contributed by atoms with E-state index in [-0.39, 0.29) is 0 Å². The monoisotopic (exact) mass is 409 g/mol. The number of hydrogen-bond donors (Lipinski definition) is 1. The van der Waals surface area contributed by atoms with Gasteiger partial charge < -0.3 is 10.0 Å². The number of rotatable bonds is 13. The highest BCUT2D eigenvalue weighted by Gasteiger charge is 2.20. The molecule has 0 radical (unpaired) electrons. The molecule has 1 atom stereocenters. The van der Waals surface area contributed by atoms with E-state index in [1.807, 2.05) is 0 Å². The fraction of sp³-hybridized carbons (Fsp3) is 0.643. The summed E-state index contributed by atoms with van der Waals surface area (Å²) in [6, 6.07) is 11.1. The van der Waals surface area contributed by atoms with Crippen LogP contribution in [0.2, 0.25) is 0 Å². The van der Waals surface area contributed by atoms with E-state index in [4.69, 9.17) is 0 Å². The van der Waals surface area contributed by atoms with Crippen molar-refractivity contribution >= 4 is 10.8 Å². The molecule has 30 heavy (non-hydrogen) atoms. The first-order valence-corrected chi connectivity index (χ1v) is 12.7. The summed E-state index contributed by atoms with van der Waals surface area (Å²) in [5.41, 5.74) is 4.16. The number of unbranched alkanes of at least 4 members (excludes halogenated alkanes) is 6. The van der Waals surface area contributed by atoms with Gasteiger partial charge in [-0.3, -0.25) is 0 Å². The summed E-state index contributed by atoms with van der Waals surface area (Å²) in [7, 11) is 0. The quantitative estimate of drug-likeness (QED) is 0.353. The van der Waals surface area contributed by atoms with Crippen LogP contribution in [0.4, 0.5) is 0 Å². The van der Waals surface area contributed by atoms with Crippen LogP contribution in [0.1, 0.15) is 101 Å². The van der Waals surface area contributed by atoms with Crippen molar-refractivity contribution in [2.75, 3.05) is 19.6 Å². The molecule has 1 unspecified atom stereocenters. The Labute approximate surface area is 184 Å².